The molecule has 0 fully saturated rings. The van der Waals surface area contributed by atoms with Crippen LogP contribution in [-0.2, 0) is 0 Å². The summed E-state index contributed by atoms with van der Waals surface area (Å²) in [6.07, 6.45) is 3.28. The van der Waals surface area contributed by atoms with E-state index in [0.717, 1.165) is 4.90 Å². The zero-order valence-corrected chi connectivity index (χ0v) is 11.0. The third-order valence-electron chi connectivity index (χ3n) is 2.66. The van der Waals surface area contributed by atoms with Crippen LogP contribution in [0, 0.1) is 0 Å². The molecule has 0 unspecified atom stereocenters. The molecular weight excluding hydrogens is 242 g/mol. The number of hydrogen-bond acceptors (Lipinski definition) is 3. The van der Waals surface area contributed by atoms with Crippen molar-refractivity contribution in [2.45, 2.75) is 6.92 Å². The van der Waals surface area contributed by atoms with Gasteiger partial charge in [-0.3, -0.25) is 19.3 Å². The molecule has 1 aromatic rings. The molecule has 1 aliphatic rings. The fourth-order valence-corrected chi connectivity index (χ4v) is 1.58. The second-order valence-electron chi connectivity index (χ2n) is 3.96. The van der Waals surface area contributed by atoms with Crippen LogP contribution < -0.4 is 0 Å². The number of nitrogens with zero attached hydrogens (tertiary/aromatic N) is 1. The minimum Gasteiger partial charge on any atom is -0.295 e. The normalized spacial score (nSPS) is 12.4. The highest BCUT2D eigenvalue weighted by Gasteiger charge is 2.32. The van der Waals surface area contributed by atoms with Crippen molar-refractivity contribution in [3.8, 4) is 0 Å². The van der Waals surface area contributed by atoms with Crippen molar-refractivity contribution >= 4 is 17.6 Å². The number of benzene rings is 1. The van der Waals surface area contributed by atoms with E-state index >= 15 is 0 Å². The molecule has 4 heteroatoms. The lowest BCUT2D eigenvalue weighted by atomic mass is 10.0. The van der Waals surface area contributed by atoms with Crippen LogP contribution in [0.1, 0.15) is 38.0 Å². The van der Waals surface area contributed by atoms with Crippen LogP contribution in [-0.4, -0.2) is 29.5 Å². The molecule has 1 heterocycles. The van der Waals surface area contributed by atoms with E-state index in [0.29, 0.717) is 16.7 Å². The molecular formula is C15H15NO3. The Morgan fingerprint density at radius 2 is 1.63 bits per heavy atom. The van der Waals surface area contributed by atoms with Crippen LogP contribution in [0.25, 0.3) is 0 Å². The Kier molecular flexibility index (Phi) is 4.53. The Morgan fingerprint density at radius 1 is 1.11 bits per heavy atom. The monoisotopic (exact) mass is 257 g/mol. The highest BCUT2D eigenvalue weighted by atomic mass is 16.2. The van der Waals surface area contributed by atoms with Gasteiger partial charge in [0.05, 0.1) is 11.1 Å². The summed E-state index contributed by atoms with van der Waals surface area (Å²) in [6.45, 7) is 8.15. The number of carbonyl (C=O) groups is 3. The van der Waals surface area contributed by atoms with E-state index in [2.05, 4.69) is 13.2 Å². The number of fused-ring (bicyclic) bond motifs is 1. The molecule has 0 radical (unpaired) electrons. The zero-order valence-electron chi connectivity index (χ0n) is 11.0. The molecule has 98 valence electrons. The lowest BCUT2D eigenvalue weighted by Gasteiger charge is -2.02. The van der Waals surface area contributed by atoms with Crippen LogP contribution in [0.4, 0.5) is 0 Å². The van der Waals surface area contributed by atoms with Crippen LogP contribution in [0.3, 0.4) is 0 Å². The number of carbonyl (C=O) groups excluding carboxylic acids is 3. The standard InChI is InChI=1S/C11H9NO3.C4H6/c1-6(13)7-3-4-8-9(5-7)11(15)12(2)10(8)14;1-3-4-2/h3-5H,1-2H3;3-4H,1-2H2. The van der Waals surface area contributed by atoms with Gasteiger partial charge in [0.25, 0.3) is 11.8 Å². The van der Waals surface area contributed by atoms with Crippen molar-refractivity contribution in [2.24, 2.45) is 0 Å². The lowest BCUT2D eigenvalue weighted by molar-refractivity contribution is 0.0693. The van der Waals surface area contributed by atoms with Crippen molar-refractivity contribution in [1.29, 1.82) is 0 Å². The van der Waals surface area contributed by atoms with Gasteiger partial charge in [0.2, 0.25) is 0 Å². The summed E-state index contributed by atoms with van der Waals surface area (Å²) in [4.78, 5) is 35.2. The first-order valence-corrected chi connectivity index (χ1v) is 5.64. The second kappa shape index (κ2) is 5.91. The maximum Gasteiger partial charge on any atom is 0.261 e. The number of amides is 2. The van der Waals surface area contributed by atoms with E-state index in [1.807, 2.05) is 0 Å². The summed E-state index contributed by atoms with van der Waals surface area (Å²) in [5.74, 6) is -0.782. The van der Waals surface area contributed by atoms with Crippen molar-refractivity contribution in [1.82, 2.24) is 4.90 Å². The smallest absolute Gasteiger partial charge is 0.261 e. The number of allylic oxidation sites excluding steroid dienone is 2. The van der Waals surface area contributed by atoms with Gasteiger partial charge in [-0.15, -0.1) is 0 Å². The molecule has 0 saturated heterocycles. The Labute approximate surface area is 112 Å². The SMILES string of the molecule is C=CC=C.CC(=O)c1ccc2c(c1)C(=O)N(C)C2=O. The predicted molar refractivity (Wildman–Crippen MR) is 73.3 cm³/mol. The third kappa shape index (κ3) is 2.85. The predicted octanol–water partition coefficient (Wildman–Crippen LogP) is 2.47. The van der Waals surface area contributed by atoms with Gasteiger partial charge in [-0.1, -0.05) is 31.4 Å². The Morgan fingerprint density at radius 3 is 2.11 bits per heavy atom. The molecule has 0 atom stereocenters. The van der Waals surface area contributed by atoms with Gasteiger partial charge in [0.1, 0.15) is 0 Å². The van der Waals surface area contributed by atoms with E-state index < -0.39 is 0 Å². The molecule has 2 rings (SSSR count). The van der Waals surface area contributed by atoms with Crippen molar-refractivity contribution in [3.63, 3.8) is 0 Å². The van der Waals surface area contributed by atoms with Crippen molar-refractivity contribution < 1.29 is 14.4 Å². The minimum atomic E-state index is -0.349. The van der Waals surface area contributed by atoms with Crippen LogP contribution in [0.5, 0.6) is 0 Å². The molecule has 0 aliphatic carbocycles. The highest BCUT2D eigenvalue weighted by Crippen LogP contribution is 2.22. The van der Waals surface area contributed by atoms with Gasteiger partial charge in [-0.05, 0) is 19.1 Å². The number of ketones is 1. The first-order valence-electron chi connectivity index (χ1n) is 5.64. The van der Waals surface area contributed by atoms with Gasteiger partial charge in [0, 0.05) is 12.6 Å². The highest BCUT2D eigenvalue weighted by molar-refractivity contribution is 6.21. The Hall–Kier alpha value is -2.49. The molecule has 0 N–H and O–H groups in total. The Bertz CT molecular complexity index is 567. The van der Waals surface area contributed by atoms with Crippen LogP contribution in [0.2, 0.25) is 0 Å². The quantitative estimate of drug-likeness (QED) is 0.464. The van der Waals surface area contributed by atoms with E-state index in [9.17, 15) is 14.4 Å². The summed E-state index contributed by atoms with van der Waals surface area (Å²) >= 11 is 0. The van der Waals surface area contributed by atoms with Crippen molar-refractivity contribution in [2.75, 3.05) is 7.05 Å². The van der Waals surface area contributed by atoms with Gasteiger partial charge in [-0.2, -0.15) is 0 Å². The summed E-state index contributed by atoms with van der Waals surface area (Å²) in [5, 5.41) is 0. The number of rotatable bonds is 2. The molecule has 0 spiro atoms. The first kappa shape index (κ1) is 14.6. The average molecular weight is 257 g/mol. The third-order valence-corrected chi connectivity index (χ3v) is 2.66. The number of hydrogen-bond donors (Lipinski definition) is 0. The molecule has 0 aromatic heterocycles. The zero-order chi connectivity index (χ0) is 14.6. The average Bonchev–Trinajstić information content (AvgIpc) is 2.64. The van der Waals surface area contributed by atoms with Gasteiger partial charge in [0.15, 0.2) is 5.78 Å². The molecule has 0 bridgehead atoms. The summed E-state index contributed by atoms with van der Waals surface area (Å²) in [6, 6.07) is 4.56. The maximum absolute atomic E-state index is 11.6. The number of imide groups is 1. The lowest BCUT2D eigenvalue weighted by Crippen LogP contribution is -2.24. The molecule has 4 nitrogen and oxygen atoms in total. The van der Waals surface area contributed by atoms with Gasteiger partial charge >= 0.3 is 0 Å². The fraction of sp³-hybridized carbons (Fsp3) is 0.133. The summed E-state index contributed by atoms with van der Waals surface area (Å²) in [7, 11) is 1.43. The largest absolute Gasteiger partial charge is 0.295 e. The summed E-state index contributed by atoms with van der Waals surface area (Å²) in [5.41, 5.74) is 1.13. The van der Waals surface area contributed by atoms with Crippen LogP contribution in [0.15, 0.2) is 43.5 Å². The summed E-state index contributed by atoms with van der Waals surface area (Å²) < 4.78 is 0. The Balaban J connectivity index is 0.000000399. The van der Waals surface area contributed by atoms with E-state index in [-0.39, 0.29) is 17.6 Å². The molecule has 19 heavy (non-hydrogen) atoms. The van der Waals surface area contributed by atoms with Crippen molar-refractivity contribution in [3.05, 3.63) is 60.2 Å². The van der Waals surface area contributed by atoms with Crippen LogP contribution >= 0.6 is 0 Å². The van der Waals surface area contributed by atoms with E-state index in [1.165, 1.54) is 26.1 Å². The van der Waals surface area contributed by atoms with Gasteiger partial charge < -0.3 is 0 Å². The molecule has 2 amide bonds. The first-order chi connectivity index (χ1) is 8.93. The topological polar surface area (TPSA) is 54.5 Å². The fourth-order valence-electron chi connectivity index (χ4n) is 1.58. The molecule has 1 aliphatic heterocycles. The number of Topliss-reactive ketones (excluding diaryl/α,β-unsaturated/α-hetero) is 1. The van der Waals surface area contributed by atoms with E-state index in [4.69, 9.17) is 0 Å². The molecule has 1 aromatic carbocycles. The maximum atomic E-state index is 11.6. The van der Waals surface area contributed by atoms with Gasteiger partial charge in [-0.25, -0.2) is 0 Å². The van der Waals surface area contributed by atoms with E-state index in [1.54, 1.807) is 18.2 Å². The second-order valence-corrected chi connectivity index (χ2v) is 3.96. The molecule has 0 saturated carbocycles. The minimum absolute atomic E-state index is 0.118.